The lowest BCUT2D eigenvalue weighted by Gasteiger charge is -2.24. The topological polar surface area (TPSA) is 245 Å². The Bertz CT molecular complexity index is 705. The van der Waals surface area contributed by atoms with Crippen LogP contribution >= 0.6 is 11.8 Å². The molecule has 0 saturated carbocycles. The SMILES string of the molecule is CSCCC(NC(=O)C(N)CC(=O)O)C(=O)NC(CCC(=O)O)C(=O)NC(CO)C(=O)O. The van der Waals surface area contributed by atoms with Crippen LogP contribution in [0, 0.1) is 0 Å². The third kappa shape index (κ3) is 11.5. The average Bonchev–Trinajstić information content (AvgIpc) is 2.70. The fourth-order valence-corrected chi connectivity index (χ4v) is 2.80. The number of rotatable bonds is 16. The Labute approximate surface area is 187 Å². The number of nitrogens with two attached hydrogens (primary N) is 1. The summed E-state index contributed by atoms with van der Waals surface area (Å²) in [5, 5.41) is 42.1. The van der Waals surface area contributed by atoms with Crippen molar-refractivity contribution in [3.63, 3.8) is 0 Å². The van der Waals surface area contributed by atoms with Gasteiger partial charge in [0, 0.05) is 6.42 Å². The summed E-state index contributed by atoms with van der Waals surface area (Å²) in [5.74, 6) is -6.58. The number of amides is 3. The molecule has 0 radical (unpaired) electrons. The fraction of sp³-hybridized carbons (Fsp3) is 0.647. The zero-order valence-corrected chi connectivity index (χ0v) is 18.1. The van der Waals surface area contributed by atoms with Gasteiger partial charge in [-0.3, -0.25) is 24.0 Å². The number of hydrogen-bond donors (Lipinski definition) is 8. The van der Waals surface area contributed by atoms with Crippen molar-refractivity contribution in [3.05, 3.63) is 0 Å². The van der Waals surface area contributed by atoms with E-state index in [4.69, 9.17) is 26.2 Å². The molecule has 0 aromatic rings. The van der Waals surface area contributed by atoms with Crippen LogP contribution in [0.4, 0.5) is 0 Å². The molecule has 0 heterocycles. The maximum Gasteiger partial charge on any atom is 0.328 e. The normalized spacial score (nSPS) is 14.3. The molecule has 0 aromatic heterocycles. The molecule has 9 N–H and O–H groups in total. The molecule has 0 rings (SSSR count). The molecular weight excluding hydrogens is 452 g/mol. The van der Waals surface area contributed by atoms with Crippen LogP contribution in [0.3, 0.4) is 0 Å². The van der Waals surface area contributed by atoms with E-state index in [2.05, 4.69) is 10.6 Å². The first-order valence-electron chi connectivity index (χ1n) is 9.35. The minimum absolute atomic E-state index is 0.0835. The smallest absolute Gasteiger partial charge is 0.328 e. The van der Waals surface area contributed by atoms with Gasteiger partial charge < -0.3 is 42.1 Å². The van der Waals surface area contributed by atoms with Gasteiger partial charge in [0.05, 0.1) is 19.1 Å². The molecule has 0 saturated heterocycles. The Kier molecular flexibility index (Phi) is 13.6. The Morgan fingerprint density at radius 3 is 1.75 bits per heavy atom. The van der Waals surface area contributed by atoms with Crippen molar-refractivity contribution in [2.24, 2.45) is 5.73 Å². The van der Waals surface area contributed by atoms with E-state index < -0.39 is 85.7 Å². The van der Waals surface area contributed by atoms with Gasteiger partial charge in [-0.1, -0.05) is 0 Å². The minimum Gasteiger partial charge on any atom is -0.481 e. The van der Waals surface area contributed by atoms with Crippen molar-refractivity contribution in [2.75, 3.05) is 18.6 Å². The molecule has 14 nitrogen and oxygen atoms in total. The van der Waals surface area contributed by atoms with Gasteiger partial charge in [0.25, 0.3) is 0 Å². The summed E-state index contributed by atoms with van der Waals surface area (Å²) in [7, 11) is 0. The molecule has 0 aromatic carbocycles. The third-order valence-electron chi connectivity index (χ3n) is 4.05. The largest absolute Gasteiger partial charge is 0.481 e. The van der Waals surface area contributed by atoms with Gasteiger partial charge in [0.15, 0.2) is 0 Å². The highest BCUT2D eigenvalue weighted by atomic mass is 32.2. The molecule has 32 heavy (non-hydrogen) atoms. The van der Waals surface area contributed by atoms with Gasteiger partial charge in [-0.25, -0.2) is 4.79 Å². The van der Waals surface area contributed by atoms with Crippen LogP contribution in [0.15, 0.2) is 0 Å². The van der Waals surface area contributed by atoms with E-state index in [0.29, 0.717) is 5.75 Å². The van der Waals surface area contributed by atoms with Crippen LogP contribution in [-0.2, 0) is 28.8 Å². The number of aliphatic hydroxyl groups excluding tert-OH is 1. The van der Waals surface area contributed by atoms with E-state index in [0.717, 1.165) is 0 Å². The highest BCUT2D eigenvalue weighted by Gasteiger charge is 2.30. The summed E-state index contributed by atoms with van der Waals surface area (Å²) >= 11 is 1.34. The quantitative estimate of drug-likeness (QED) is 0.110. The van der Waals surface area contributed by atoms with Crippen molar-refractivity contribution in [2.45, 2.75) is 49.9 Å². The van der Waals surface area contributed by atoms with Gasteiger partial charge in [0.2, 0.25) is 17.7 Å². The second kappa shape index (κ2) is 15.0. The highest BCUT2D eigenvalue weighted by Crippen LogP contribution is 2.05. The van der Waals surface area contributed by atoms with Crippen LogP contribution in [0.1, 0.15) is 25.7 Å². The van der Waals surface area contributed by atoms with Crippen LogP contribution in [0.25, 0.3) is 0 Å². The maximum absolute atomic E-state index is 12.7. The summed E-state index contributed by atoms with van der Waals surface area (Å²) in [6, 6.07) is -5.80. The van der Waals surface area contributed by atoms with E-state index in [1.54, 1.807) is 6.26 Å². The fourth-order valence-electron chi connectivity index (χ4n) is 2.33. The second-order valence-electron chi connectivity index (χ2n) is 6.62. The number of thioether (sulfide) groups is 1. The zero-order chi connectivity index (χ0) is 24.8. The molecule has 3 amide bonds. The van der Waals surface area contributed by atoms with Crippen molar-refractivity contribution in [1.82, 2.24) is 16.0 Å². The monoisotopic (exact) mass is 480 g/mol. The number of aliphatic carboxylic acids is 3. The molecule has 4 atom stereocenters. The van der Waals surface area contributed by atoms with E-state index in [1.807, 2.05) is 5.32 Å². The predicted octanol–water partition coefficient (Wildman–Crippen LogP) is -3.06. The minimum atomic E-state index is -1.67. The van der Waals surface area contributed by atoms with Gasteiger partial charge in [0.1, 0.15) is 18.1 Å². The molecule has 0 aliphatic carbocycles. The molecule has 0 aliphatic rings. The molecule has 15 heteroatoms. The lowest BCUT2D eigenvalue weighted by molar-refractivity contribution is -0.144. The van der Waals surface area contributed by atoms with Crippen molar-refractivity contribution < 1.29 is 49.2 Å². The van der Waals surface area contributed by atoms with Gasteiger partial charge in [-0.15, -0.1) is 0 Å². The number of hydrogen-bond acceptors (Lipinski definition) is 9. The number of carbonyl (C=O) groups excluding carboxylic acids is 3. The van der Waals surface area contributed by atoms with E-state index in [9.17, 15) is 28.8 Å². The molecule has 0 aliphatic heterocycles. The van der Waals surface area contributed by atoms with Gasteiger partial charge >= 0.3 is 17.9 Å². The standard InChI is InChI=1S/C17H28N4O10S/c1-32-5-4-10(19-14(27)8(18)6-13(25)26)16(29)20-9(2-3-12(23)24)15(28)21-11(7-22)17(30)31/h8-11,22H,2-7,18H2,1H3,(H,19,27)(H,20,29)(H,21,28)(H,23,24)(H,25,26)(H,30,31). The maximum atomic E-state index is 12.7. The number of carbonyl (C=O) groups is 6. The molecule has 182 valence electrons. The molecule has 0 fully saturated rings. The number of nitrogens with one attached hydrogen (secondary N) is 3. The first-order chi connectivity index (χ1) is 14.9. The first kappa shape index (κ1) is 29.1. The second-order valence-corrected chi connectivity index (χ2v) is 7.61. The lowest BCUT2D eigenvalue weighted by atomic mass is 10.1. The Balaban J connectivity index is 5.44. The molecule has 0 spiro atoms. The summed E-state index contributed by atoms with van der Waals surface area (Å²) in [6.45, 7) is -0.936. The molecule has 0 bridgehead atoms. The lowest BCUT2D eigenvalue weighted by Crippen LogP contribution is -2.57. The highest BCUT2D eigenvalue weighted by molar-refractivity contribution is 7.98. The Morgan fingerprint density at radius 2 is 1.31 bits per heavy atom. The Hall–Kier alpha value is -2.91. The van der Waals surface area contributed by atoms with Gasteiger partial charge in [-0.05, 0) is 24.9 Å². The molecule has 4 unspecified atom stereocenters. The van der Waals surface area contributed by atoms with Crippen molar-refractivity contribution in [3.8, 4) is 0 Å². The summed E-state index contributed by atoms with van der Waals surface area (Å²) in [4.78, 5) is 69.8. The Morgan fingerprint density at radius 1 is 0.812 bits per heavy atom. The van der Waals surface area contributed by atoms with E-state index in [-0.39, 0.29) is 6.42 Å². The number of aliphatic hydroxyl groups is 1. The summed E-state index contributed by atoms with van der Waals surface area (Å²) in [5.41, 5.74) is 5.49. The van der Waals surface area contributed by atoms with Crippen molar-refractivity contribution in [1.29, 1.82) is 0 Å². The van der Waals surface area contributed by atoms with E-state index in [1.165, 1.54) is 11.8 Å². The van der Waals surface area contributed by atoms with Gasteiger partial charge in [-0.2, -0.15) is 11.8 Å². The van der Waals surface area contributed by atoms with Crippen LogP contribution < -0.4 is 21.7 Å². The molecular formula is C17H28N4O10S. The summed E-state index contributed by atoms with van der Waals surface area (Å²) < 4.78 is 0. The van der Waals surface area contributed by atoms with Crippen LogP contribution in [0.2, 0.25) is 0 Å². The van der Waals surface area contributed by atoms with E-state index >= 15 is 0 Å². The number of carboxylic acid groups (broad SMARTS) is 3. The van der Waals surface area contributed by atoms with Crippen LogP contribution in [0.5, 0.6) is 0 Å². The number of carboxylic acids is 3. The summed E-state index contributed by atoms with van der Waals surface area (Å²) in [6.07, 6.45) is 0.203. The first-order valence-corrected chi connectivity index (χ1v) is 10.7. The van der Waals surface area contributed by atoms with Crippen molar-refractivity contribution >= 4 is 47.4 Å². The third-order valence-corrected chi connectivity index (χ3v) is 4.70. The zero-order valence-electron chi connectivity index (χ0n) is 17.3. The average molecular weight is 480 g/mol. The van der Waals surface area contributed by atoms with Crippen LogP contribution in [-0.4, -0.2) is 98.8 Å². The predicted molar refractivity (Wildman–Crippen MR) is 111 cm³/mol.